The maximum Gasteiger partial charge on any atom is 0.490 e. The van der Waals surface area contributed by atoms with E-state index in [0.29, 0.717) is 23.2 Å². The molecular formula is C24H21ClF3N3O6S2. The standard InChI is InChI=1S/C22H20ClN3O4S2.C2HF3O2/c1-14-4-2-3-5-17(14)15-8-10-26(11-9-15)21-18(22(27)28)12-16(13-24-21)25-32(29,30)20-7-6-19(23)31-20;3-2(4,5)1(6)7/h2-8,12-13,25H,9-11H2,1H3,(H,27,28);(H,6,7). The first-order chi connectivity index (χ1) is 18.2. The molecule has 3 heterocycles. The van der Waals surface area contributed by atoms with E-state index in [0.717, 1.165) is 17.8 Å². The molecule has 1 aliphatic heterocycles. The lowest BCUT2D eigenvalue weighted by atomic mass is 9.95. The summed E-state index contributed by atoms with van der Waals surface area (Å²) in [6.45, 7) is 3.18. The van der Waals surface area contributed by atoms with Crippen LogP contribution in [0.15, 0.2) is 58.9 Å². The van der Waals surface area contributed by atoms with Gasteiger partial charge in [-0.2, -0.15) is 13.2 Å². The summed E-state index contributed by atoms with van der Waals surface area (Å²) in [7, 11) is -3.89. The summed E-state index contributed by atoms with van der Waals surface area (Å²) < 4.78 is 59.5. The summed E-state index contributed by atoms with van der Waals surface area (Å²) in [4.78, 5) is 27.0. The van der Waals surface area contributed by atoms with Gasteiger partial charge in [-0.1, -0.05) is 41.9 Å². The fourth-order valence-electron chi connectivity index (χ4n) is 3.61. The second-order valence-corrected chi connectivity index (χ2v) is 11.7. The molecule has 208 valence electrons. The van der Waals surface area contributed by atoms with Crippen LogP contribution in [0.1, 0.15) is 27.9 Å². The van der Waals surface area contributed by atoms with Crippen molar-refractivity contribution in [2.24, 2.45) is 0 Å². The Bertz CT molecular complexity index is 1520. The number of aryl methyl sites for hydroxylation is 1. The number of pyridine rings is 1. The molecular weight excluding hydrogens is 583 g/mol. The van der Waals surface area contributed by atoms with E-state index < -0.39 is 28.1 Å². The Hall–Kier alpha value is -3.62. The number of carboxylic acid groups (broad SMARTS) is 2. The molecule has 3 aromatic rings. The summed E-state index contributed by atoms with van der Waals surface area (Å²) in [5.41, 5.74) is 3.61. The fourth-order valence-corrected chi connectivity index (χ4v) is 6.13. The van der Waals surface area contributed by atoms with E-state index in [-0.39, 0.29) is 15.5 Å². The Kier molecular flexibility index (Phi) is 9.25. The first kappa shape index (κ1) is 29.9. The predicted molar refractivity (Wildman–Crippen MR) is 141 cm³/mol. The number of nitrogens with one attached hydrogen (secondary N) is 1. The number of rotatable bonds is 6. The number of aromatic nitrogens is 1. The molecule has 2 aromatic heterocycles. The number of alkyl halides is 3. The van der Waals surface area contributed by atoms with E-state index >= 15 is 0 Å². The highest BCUT2D eigenvalue weighted by Gasteiger charge is 2.38. The van der Waals surface area contributed by atoms with E-state index in [1.165, 1.54) is 41.1 Å². The number of halogens is 4. The van der Waals surface area contributed by atoms with Crippen molar-refractivity contribution in [3.8, 4) is 0 Å². The molecule has 0 spiro atoms. The minimum atomic E-state index is -5.08. The second-order valence-electron chi connectivity index (χ2n) is 8.11. The van der Waals surface area contributed by atoms with Crippen molar-refractivity contribution in [3.05, 3.63) is 75.8 Å². The number of hydrogen-bond donors (Lipinski definition) is 3. The van der Waals surface area contributed by atoms with Gasteiger partial charge in [0.2, 0.25) is 0 Å². The van der Waals surface area contributed by atoms with Crippen LogP contribution in [0, 0.1) is 6.92 Å². The number of carboxylic acids is 2. The number of aliphatic carboxylic acids is 1. The molecule has 0 fully saturated rings. The second kappa shape index (κ2) is 12.1. The Labute approximate surface area is 230 Å². The summed E-state index contributed by atoms with van der Waals surface area (Å²) >= 11 is 6.74. The van der Waals surface area contributed by atoms with Crippen LogP contribution in [0.4, 0.5) is 24.7 Å². The van der Waals surface area contributed by atoms with E-state index in [1.54, 1.807) is 0 Å². The number of aromatic carboxylic acids is 1. The molecule has 0 unspecified atom stereocenters. The van der Waals surface area contributed by atoms with Gasteiger partial charge < -0.3 is 15.1 Å². The number of benzene rings is 1. The number of hydrogen-bond acceptors (Lipinski definition) is 7. The van der Waals surface area contributed by atoms with Gasteiger partial charge in [-0.05, 0) is 48.2 Å². The van der Waals surface area contributed by atoms with E-state index in [2.05, 4.69) is 34.8 Å². The smallest absolute Gasteiger partial charge is 0.478 e. The van der Waals surface area contributed by atoms with Gasteiger partial charge in [-0.25, -0.2) is 23.0 Å². The summed E-state index contributed by atoms with van der Waals surface area (Å²) in [6.07, 6.45) is -0.926. The average molecular weight is 604 g/mol. The van der Waals surface area contributed by atoms with Crippen LogP contribution < -0.4 is 9.62 Å². The summed E-state index contributed by atoms with van der Waals surface area (Å²) in [6, 6.07) is 12.3. The summed E-state index contributed by atoms with van der Waals surface area (Å²) in [5, 5.41) is 16.9. The quantitative estimate of drug-likeness (QED) is 0.334. The minimum absolute atomic E-state index is 0.0355. The molecule has 9 nitrogen and oxygen atoms in total. The van der Waals surface area contributed by atoms with Crippen molar-refractivity contribution in [2.75, 3.05) is 22.7 Å². The molecule has 1 aliphatic rings. The van der Waals surface area contributed by atoms with Crippen LogP contribution in [0.5, 0.6) is 0 Å². The van der Waals surface area contributed by atoms with Gasteiger partial charge in [0.1, 0.15) is 15.6 Å². The van der Waals surface area contributed by atoms with E-state index in [1.807, 2.05) is 17.0 Å². The lowest BCUT2D eigenvalue weighted by Gasteiger charge is -2.29. The number of carbonyl (C=O) groups is 2. The summed E-state index contributed by atoms with van der Waals surface area (Å²) in [5.74, 6) is -3.63. The number of anilines is 2. The Morgan fingerprint density at radius 2 is 1.82 bits per heavy atom. The molecule has 0 saturated heterocycles. The Morgan fingerprint density at radius 3 is 2.33 bits per heavy atom. The third kappa shape index (κ3) is 7.71. The molecule has 0 radical (unpaired) electrons. The van der Waals surface area contributed by atoms with Gasteiger partial charge in [-0.15, -0.1) is 11.3 Å². The van der Waals surface area contributed by atoms with Crippen molar-refractivity contribution < 1.29 is 41.4 Å². The molecule has 0 bridgehead atoms. The molecule has 0 saturated carbocycles. The average Bonchev–Trinajstić information content (AvgIpc) is 3.31. The van der Waals surface area contributed by atoms with Crippen LogP contribution in [-0.4, -0.2) is 54.8 Å². The Balaban J connectivity index is 0.000000532. The van der Waals surface area contributed by atoms with Gasteiger partial charge in [0.15, 0.2) is 0 Å². The zero-order chi connectivity index (χ0) is 29.0. The maximum absolute atomic E-state index is 12.5. The zero-order valence-corrected chi connectivity index (χ0v) is 22.5. The van der Waals surface area contributed by atoms with Crippen LogP contribution in [-0.2, 0) is 14.8 Å². The van der Waals surface area contributed by atoms with Gasteiger partial charge in [0.25, 0.3) is 10.0 Å². The van der Waals surface area contributed by atoms with Crippen LogP contribution in [0.2, 0.25) is 4.34 Å². The highest BCUT2D eigenvalue weighted by molar-refractivity contribution is 7.94. The molecule has 1 aromatic carbocycles. The maximum atomic E-state index is 12.5. The highest BCUT2D eigenvalue weighted by atomic mass is 35.5. The molecule has 3 N–H and O–H groups in total. The topological polar surface area (TPSA) is 137 Å². The van der Waals surface area contributed by atoms with E-state index in [9.17, 15) is 31.5 Å². The minimum Gasteiger partial charge on any atom is -0.478 e. The van der Waals surface area contributed by atoms with Gasteiger partial charge >= 0.3 is 18.1 Å². The van der Waals surface area contributed by atoms with Crippen molar-refractivity contribution in [1.82, 2.24) is 4.98 Å². The third-order valence-corrected chi connectivity index (χ3v) is 8.51. The predicted octanol–water partition coefficient (Wildman–Crippen LogP) is 5.53. The van der Waals surface area contributed by atoms with Gasteiger partial charge in [0, 0.05) is 13.1 Å². The number of thiophene rings is 1. The monoisotopic (exact) mass is 603 g/mol. The first-order valence-corrected chi connectivity index (χ1v) is 13.7. The first-order valence-electron chi connectivity index (χ1n) is 11.0. The lowest BCUT2D eigenvalue weighted by Crippen LogP contribution is -2.30. The molecule has 39 heavy (non-hydrogen) atoms. The van der Waals surface area contributed by atoms with Gasteiger partial charge in [0.05, 0.1) is 16.2 Å². The van der Waals surface area contributed by atoms with Crippen LogP contribution in [0.3, 0.4) is 0 Å². The number of sulfonamides is 1. The number of nitrogens with zero attached hydrogens (tertiary/aromatic N) is 2. The van der Waals surface area contributed by atoms with Gasteiger partial charge in [-0.3, -0.25) is 4.72 Å². The molecule has 0 atom stereocenters. The normalized spacial score (nSPS) is 13.7. The molecule has 0 aliphatic carbocycles. The molecule has 15 heteroatoms. The van der Waals surface area contributed by atoms with Crippen LogP contribution >= 0.6 is 22.9 Å². The van der Waals surface area contributed by atoms with Crippen molar-refractivity contribution >= 4 is 62.0 Å². The van der Waals surface area contributed by atoms with Crippen molar-refractivity contribution in [2.45, 2.75) is 23.7 Å². The largest absolute Gasteiger partial charge is 0.490 e. The van der Waals surface area contributed by atoms with Crippen molar-refractivity contribution in [1.29, 1.82) is 0 Å². The molecule has 4 rings (SSSR count). The highest BCUT2D eigenvalue weighted by Crippen LogP contribution is 2.31. The van der Waals surface area contributed by atoms with Crippen molar-refractivity contribution in [3.63, 3.8) is 0 Å². The molecule has 0 amide bonds. The third-order valence-electron chi connectivity index (χ3n) is 5.40. The lowest BCUT2D eigenvalue weighted by molar-refractivity contribution is -0.192. The SMILES string of the molecule is Cc1ccccc1C1=CCN(c2ncc(NS(=O)(=O)c3ccc(Cl)s3)cc2C(=O)O)CC1.O=C(O)C(F)(F)F. The Morgan fingerprint density at radius 1 is 1.15 bits per heavy atom. The van der Waals surface area contributed by atoms with E-state index in [4.69, 9.17) is 21.5 Å². The van der Waals surface area contributed by atoms with Crippen LogP contribution in [0.25, 0.3) is 5.57 Å². The zero-order valence-electron chi connectivity index (χ0n) is 20.1. The fraction of sp³-hybridized carbons (Fsp3) is 0.208.